The number of nitrogens with zero attached hydrogens (tertiary/aromatic N) is 5. The summed E-state index contributed by atoms with van der Waals surface area (Å²) >= 11 is 0. The Balaban J connectivity index is 1.57. The van der Waals surface area contributed by atoms with E-state index in [9.17, 15) is 0 Å². The van der Waals surface area contributed by atoms with Gasteiger partial charge in [-0.1, -0.05) is 18.2 Å². The largest absolute Gasteiger partial charge is 0.311 e. The summed E-state index contributed by atoms with van der Waals surface area (Å²) < 4.78 is 1.76. The first-order valence-electron chi connectivity index (χ1n) is 6.45. The van der Waals surface area contributed by atoms with Gasteiger partial charge in [0.2, 0.25) is 0 Å². The summed E-state index contributed by atoms with van der Waals surface area (Å²) in [5.74, 6) is 0.841. The minimum Gasteiger partial charge on any atom is -0.311 e. The summed E-state index contributed by atoms with van der Waals surface area (Å²) in [6.45, 7) is 1.55. The van der Waals surface area contributed by atoms with Gasteiger partial charge in [0.05, 0.1) is 5.69 Å². The number of benzene rings is 1. The van der Waals surface area contributed by atoms with Crippen LogP contribution in [0.3, 0.4) is 0 Å². The summed E-state index contributed by atoms with van der Waals surface area (Å²) in [4.78, 5) is 0. The lowest BCUT2D eigenvalue weighted by Gasteiger charge is -2.05. The van der Waals surface area contributed by atoms with Crippen molar-refractivity contribution in [3.8, 4) is 5.69 Å². The average molecular weight is 269 g/mol. The first kappa shape index (κ1) is 12.5. The standard InChI is InChI=1S/C13H15N7/c1-2-4-12(5-3-1)20-13(17-18-19-20)7-8-14-10-11-6-9-15-16-11/h1-6,9,14H,7-8,10H2,(H,15,16). The maximum absolute atomic E-state index is 4.07. The first-order chi connectivity index (χ1) is 9.93. The maximum atomic E-state index is 4.07. The van der Waals surface area contributed by atoms with Crippen molar-refractivity contribution in [2.24, 2.45) is 0 Å². The molecule has 0 unspecified atom stereocenters. The number of H-pyrrole nitrogens is 1. The summed E-state index contributed by atoms with van der Waals surface area (Å²) in [5.41, 5.74) is 2.04. The molecule has 0 radical (unpaired) electrons. The number of rotatable bonds is 6. The van der Waals surface area contributed by atoms with Gasteiger partial charge >= 0.3 is 0 Å². The zero-order valence-corrected chi connectivity index (χ0v) is 10.9. The van der Waals surface area contributed by atoms with Crippen LogP contribution >= 0.6 is 0 Å². The molecule has 0 atom stereocenters. The van der Waals surface area contributed by atoms with Crippen molar-refractivity contribution in [3.63, 3.8) is 0 Å². The molecule has 1 aromatic carbocycles. The molecule has 0 amide bonds. The van der Waals surface area contributed by atoms with Gasteiger partial charge in [0.1, 0.15) is 0 Å². The van der Waals surface area contributed by atoms with Crippen molar-refractivity contribution in [3.05, 3.63) is 54.1 Å². The van der Waals surface area contributed by atoms with E-state index in [0.717, 1.165) is 36.7 Å². The normalized spacial score (nSPS) is 10.8. The molecule has 2 heterocycles. The Morgan fingerprint density at radius 2 is 2.05 bits per heavy atom. The van der Waals surface area contributed by atoms with Crippen LogP contribution in [0.5, 0.6) is 0 Å². The molecule has 102 valence electrons. The van der Waals surface area contributed by atoms with Crippen molar-refractivity contribution in [2.75, 3.05) is 6.54 Å². The predicted molar refractivity (Wildman–Crippen MR) is 73.2 cm³/mol. The summed E-state index contributed by atoms with van der Waals surface area (Å²) in [7, 11) is 0. The van der Waals surface area contributed by atoms with E-state index in [2.05, 4.69) is 31.0 Å². The Morgan fingerprint density at radius 3 is 2.85 bits per heavy atom. The monoisotopic (exact) mass is 269 g/mol. The molecule has 0 aliphatic heterocycles. The highest BCUT2D eigenvalue weighted by molar-refractivity contribution is 5.30. The van der Waals surface area contributed by atoms with Crippen molar-refractivity contribution in [1.29, 1.82) is 0 Å². The third kappa shape index (κ3) is 2.89. The fourth-order valence-electron chi connectivity index (χ4n) is 1.94. The molecule has 7 nitrogen and oxygen atoms in total. The van der Waals surface area contributed by atoms with Gasteiger partial charge in [0.25, 0.3) is 0 Å². The molecule has 0 aliphatic rings. The third-order valence-electron chi connectivity index (χ3n) is 2.93. The van der Waals surface area contributed by atoms with Gasteiger partial charge in [0, 0.05) is 31.4 Å². The number of tetrazole rings is 1. The van der Waals surface area contributed by atoms with E-state index in [1.807, 2.05) is 36.4 Å². The molecule has 3 aromatic rings. The Labute approximate surface area is 116 Å². The molecule has 0 saturated heterocycles. The second kappa shape index (κ2) is 6.07. The first-order valence-corrected chi connectivity index (χ1v) is 6.45. The van der Waals surface area contributed by atoms with Gasteiger partial charge in [-0.2, -0.15) is 9.78 Å². The molecular weight excluding hydrogens is 254 g/mol. The second-order valence-corrected chi connectivity index (χ2v) is 4.35. The van der Waals surface area contributed by atoms with Crippen LogP contribution in [0.2, 0.25) is 0 Å². The van der Waals surface area contributed by atoms with Crippen LogP contribution in [-0.2, 0) is 13.0 Å². The molecule has 0 bridgehead atoms. The van der Waals surface area contributed by atoms with Crippen LogP contribution in [0, 0.1) is 0 Å². The lowest BCUT2D eigenvalue weighted by Crippen LogP contribution is -2.18. The molecule has 0 spiro atoms. The molecule has 0 aliphatic carbocycles. The Hall–Kier alpha value is -2.54. The topological polar surface area (TPSA) is 84.3 Å². The number of nitrogens with one attached hydrogen (secondary N) is 2. The molecule has 2 N–H and O–H groups in total. The van der Waals surface area contributed by atoms with E-state index in [-0.39, 0.29) is 0 Å². The van der Waals surface area contributed by atoms with E-state index in [0.29, 0.717) is 0 Å². The maximum Gasteiger partial charge on any atom is 0.157 e. The molecule has 2 aromatic heterocycles. The quantitative estimate of drug-likeness (QED) is 0.644. The molecule has 0 fully saturated rings. The van der Waals surface area contributed by atoms with Crippen LogP contribution < -0.4 is 5.32 Å². The minimum absolute atomic E-state index is 0.757. The lowest BCUT2D eigenvalue weighted by atomic mass is 10.3. The molecular formula is C13H15N7. The van der Waals surface area contributed by atoms with Gasteiger partial charge in [0.15, 0.2) is 5.82 Å². The fraction of sp³-hybridized carbons (Fsp3) is 0.231. The SMILES string of the molecule is c1ccc(-n2nnnc2CCNCc2ccn[nH]2)cc1. The summed E-state index contributed by atoms with van der Waals surface area (Å²) in [5, 5.41) is 22.0. The highest BCUT2D eigenvalue weighted by Crippen LogP contribution is 2.06. The van der Waals surface area contributed by atoms with Crippen molar-refractivity contribution in [2.45, 2.75) is 13.0 Å². The van der Waals surface area contributed by atoms with Gasteiger partial charge in [-0.05, 0) is 28.6 Å². The number of aromatic amines is 1. The van der Waals surface area contributed by atoms with Crippen LogP contribution in [-0.4, -0.2) is 36.9 Å². The average Bonchev–Trinajstić information content (AvgIpc) is 3.16. The third-order valence-corrected chi connectivity index (χ3v) is 2.93. The Morgan fingerprint density at radius 1 is 1.15 bits per heavy atom. The van der Waals surface area contributed by atoms with Crippen molar-refractivity contribution >= 4 is 0 Å². The number of hydrogen-bond acceptors (Lipinski definition) is 5. The van der Waals surface area contributed by atoms with E-state index >= 15 is 0 Å². The van der Waals surface area contributed by atoms with Crippen LogP contribution in [0.4, 0.5) is 0 Å². The van der Waals surface area contributed by atoms with Gasteiger partial charge < -0.3 is 5.32 Å². The molecule has 0 saturated carbocycles. The van der Waals surface area contributed by atoms with E-state index in [1.165, 1.54) is 0 Å². The zero-order chi connectivity index (χ0) is 13.6. The molecule has 20 heavy (non-hydrogen) atoms. The fourth-order valence-corrected chi connectivity index (χ4v) is 1.94. The van der Waals surface area contributed by atoms with Crippen molar-refractivity contribution < 1.29 is 0 Å². The van der Waals surface area contributed by atoms with Crippen LogP contribution in [0.15, 0.2) is 42.6 Å². The Bertz CT molecular complexity index is 630. The Kier molecular flexibility index (Phi) is 3.79. The van der Waals surface area contributed by atoms with Crippen molar-refractivity contribution in [1.82, 2.24) is 35.7 Å². The summed E-state index contributed by atoms with van der Waals surface area (Å²) in [6, 6.07) is 11.8. The van der Waals surface area contributed by atoms with Gasteiger partial charge in [-0.25, -0.2) is 0 Å². The number of para-hydroxylation sites is 1. The van der Waals surface area contributed by atoms with Gasteiger partial charge in [-0.3, -0.25) is 5.10 Å². The zero-order valence-electron chi connectivity index (χ0n) is 10.9. The van der Waals surface area contributed by atoms with Gasteiger partial charge in [-0.15, -0.1) is 5.10 Å². The highest BCUT2D eigenvalue weighted by atomic mass is 15.5. The summed E-state index contributed by atoms with van der Waals surface area (Å²) in [6.07, 6.45) is 2.50. The molecule has 3 rings (SSSR count). The van der Waals surface area contributed by atoms with Crippen LogP contribution in [0.25, 0.3) is 5.69 Å². The van der Waals surface area contributed by atoms with E-state index in [1.54, 1.807) is 10.9 Å². The number of hydrogen-bond donors (Lipinski definition) is 2. The lowest BCUT2D eigenvalue weighted by molar-refractivity contribution is 0.647. The second-order valence-electron chi connectivity index (χ2n) is 4.35. The molecule has 7 heteroatoms. The van der Waals surface area contributed by atoms with Crippen LogP contribution in [0.1, 0.15) is 11.5 Å². The van der Waals surface area contributed by atoms with E-state index < -0.39 is 0 Å². The minimum atomic E-state index is 0.757. The number of aromatic nitrogens is 6. The smallest absolute Gasteiger partial charge is 0.157 e. The predicted octanol–water partition coefficient (Wildman–Crippen LogP) is 0.718. The highest BCUT2D eigenvalue weighted by Gasteiger charge is 2.07. The van der Waals surface area contributed by atoms with E-state index in [4.69, 9.17) is 0 Å².